The highest BCUT2D eigenvalue weighted by atomic mass is 35.5. The van der Waals surface area contributed by atoms with Gasteiger partial charge in [0.25, 0.3) is 0 Å². The van der Waals surface area contributed by atoms with E-state index < -0.39 is 6.10 Å². The van der Waals surface area contributed by atoms with Crippen molar-refractivity contribution in [1.82, 2.24) is 5.32 Å². The van der Waals surface area contributed by atoms with Crippen molar-refractivity contribution >= 4 is 17.5 Å². The highest BCUT2D eigenvalue weighted by Gasteiger charge is 2.26. The monoisotopic (exact) mass is 295 g/mol. The van der Waals surface area contributed by atoms with Gasteiger partial charge in [0.05, 0.1) is 12.1 Å². The fourth-order valence-corrected chi connectivity index (χ4v) is 2.80. The first-order chi connectivity index (χ1) is 9.56. The Hall–Kier alpha value is -1.06. The van der Waals surface area contributed by atoms with Crippen LogP contribution in [0.4, 0.5) is 0 Å². The van der Waals surface area contributed by atoms with E-state index in [4.69, 9.17) is 11.6 Å². The van der Waals surface area contributed by atoms with E-state index in [0.29, 0.717) is 11.4 Å². The van der Waals surface area contributed by atoms with Gasteiger partial charge in [-0.05, 0) is 37.0 Å². The van der Waals surface area contributed by atoms with Crippen LogP contribution in [0.5, 0.6) is 0 Å². The lowest BCUT2D eigenvalue weighted by Crippen LogP contribution is -2.47. The van der Waals surface area contributed by atoms with Crippen LogP contribution in [0.15, 0.2) is 24.3 Å². The first-order valence-electron chi connectivity index (χ1n) is 7.29. The smallest absolute Gasteiger partial charge is 0.223 e. The Kier molecular flexibility index (Phi) is 5.44. The highest BCUT2D eigenvalue weighted by molar-refractivity contribution is 6.30. The molecule has 1 aliphatic carbocycles. The number of rotatable bonds is 4. The zero-order valence-corrected chi connectivity index (χ0v) is 12.6. The molecule has 2 N–H and O–H groups in total. The Morgan fingerprint density at radius 3 is 2.65 bits per heavy atom. The van der Waals surface area contributed by atoms with Gasteiger partial charge in [-0.15, -0.1) is 0 Å². The van der Waals surface area contributed by atoms with Crippen LogP contribution in [0, 0.1) is 5.92 Å². The zero-order chi connectivity index (χ0) is 14.5. The summed E-state index contributed by atoms with van der Waals surface area (Å²) in [6.07, 6.45) is 4.08. The van der Waals surface area contributed by atoms with Gasteiger partial charge in [0.15, 0.2) is 0 Å². The highest BCUT2D eigenvalue weighted by Crippen LogP contribution is 2.19. The van der Waals surface area contributed by atoms with Crippen molar-refractivity contribution in [2.75, 3.05) is 0 Å². The van der Waals surface area contributed by atoms with Crippen LogP contribution >= 0.6 is 11.6 Å². The number of aliphatic hydroxyl groups is 1. The molecular weight excluding hydrogens is 274 g/mol. The van der Waals surface area contributed by atoms with Gasteiger partial charge in [-0.1, -0.05) is 43.5 Å². The second kappa shape index (κ2) is 7.09. The second-order valence-electron chi connectivity index (χ2n) is 5.70. The third kappa shape index (κ3) is 4.22. The lowest BCUT2D eigenvalue weighted by atomic mass is 9.91. The number of benzene rings is 1. The molecule has 1 saturated carbocycles. The van der Waals surface area contributed by atoms with Gasteiger partial charge in [-0.3, -0.25) is 4.79 Å². The van der Waals surface area contributed by atoms with Crippen molar-refractivity contribution in [1.29, 1.82) is 0 Å². The quantitative estimate of drug-likeness (QED) is 0.897. The number of carbonyl (C=O) groups excluding carboxylic acids is 1. The maximum atomic E-state index is 12.2. The van der Waals surface area contributed by atoms with E-state index in [1.807, 2.05) is 31.2 Å². The fraction of sp³-hybridized carbons (Fsp3) is 0.562. The van der Waals surface area contributed by atoms with Gasteiger partial charge >= 0.3 is 0 Å². The SMILES string of the molecule is CC(Cc1ccc(Cl)cc1)C(=O)NC1CCCCC1O. The number of aliphatic hydroxyl groups excluding tert-OH is 1. The van der Waals surface area contributed by atoms with Crippen molar-refractivity contribution in [2.24, 2.45) is 5.92 Å². The molecule has 0 radical (unpaired) electrons. The Morgan fingerprint density at radius 1 is 1.35 bits per heavy atom. The topological polar surface area (TPSA) is 49.3 Å². The van der Waals surface area contributed by atoms with Gasteiger partial charge < -0.3 is 10.4 Å². The summed E-state index contributed by atoms with van der Waals surface area (Å²) in [6.45, 7) is 1.92. The average Bonchev–Trinajstić information content (AvgIpc) is 2.44. The molecule has 3 unspecified atom stereocenters. The molecule has 0 saturated heterocycles. The lowest BCUT2D eigenvalue weighted by Gasteiger charge is -2.29. The first kappa shape index (κ1) is 15.3. The Balaban J connectivity index is 1.86. The minimum atomic E-state index is -0.393. The number of amides is 1. The summed E-state index contributed by atoms with van der Waals surface area (Å²) >= 11 is 5.85. The number of hydrogen-bond acceptors (Lipinski definition) is 2. The van der Waals surface area contributed by atoms with Crippen LogP contribution in [0.3, 0.4) is 0 Å². The maximum Gasteiger partial charge on any atom is 0.223 e. The fourth-order valence-electron chi connectivity index (χ4n) is 2.67. The van der Waals surface area contributed by atoms with Crippen molar-refractivity contribution < 1.29 is 9.90 Å². The van der Waals surface area contributed by atoms with Crippen LogP contribution < -0.4 is 5.32 Å². The third-order valence-corrected chi connectivity index (χ3v) is 4.21. The second-order valence-corrected chi connectivity index (χ2v) is 6.13. The number of carbonyl (C=O) groups is 1. The molecule has 3 nitrogen and oxygen atoms in total. The van der Waals surface area contributed by atoms with Crippen molar-refractivity contribution in [3.05, 3.63) is 34.9 Å². The molecule has 0 aromatic heterocycles. The summed E-state index contributed by atoms with van der Waals surface area (Å²) in [4.78, 5) is 12.2. The maximum absolute atomic E-state index is 12.2. The first-order valence-corrected chi connectivity index (χ1v) is 7.67. The summed E-state index contributed by atoms with van der Waals surface area (Å²) in [5.74, 6) is -0.0868. The van der Waals surface area contributed by atoms with Crippen molar-refractivity contribution in [3.8, 4) is 0 Å². The molecule has 0 bridgehead atoms. The minimum Gasteiger partial charge on any atom is -0.391 e. The number of nitrogens with one attached hydrogen (secondary N) is 1. The summed E-state index contributed by atoms with van der Waals surface area (Å²) in [7, 11) is 0. The molecule has 3 atom stereocenters. The summed E-state index contributed by atoms with van der Waals surface area (Å²) in [5, 5.41) is 13.6. The van der Waals surface area contributed by atoms with Crippen LogP contribution in [0.2, 0.25) is 5.02 Å². The van der Waals surface area contributed by atoms with Crippen molar-refractivity contribution in [2.45, 2.75) is 51.2 Å². The molecule has 0 heterocycles. The average molecular weight is 296 g/mol. The van der Waals surface area contributed by atoms with Crippen LogP contribution in [0.25, 0.3) is 0 Å². The van der Waals surface area contributed by atoms with E-state index in [0.717, 1.165) is 31.2 Å². The molecule has 1 aromatic carbocycles. The molecule has 0 aliphatic heterocycles. The molecular formula is C16H22ClNO2. The van der Waals surface area contributed by atoms with Crippen LogP contribution in [-0.4, -0.2) is 23.2 Å². The number of hydrogen-bond donors (Lipinski definition) is 2. The lowest BCUT2D eigenvalue weighted by molar-refractivity contribution is -0.126. The summed E-state index contributed by atoms with van der Waals surface area (Å²) in [6, 6.07) is 7.49. The van der Waals surface area contributed by atoms with Gasteiger partial charge in [-0.2, -0.15) is 0 Å². The van der Waals surface area contributed by atoms with Crippen LogP contribution in [-0.2, 0) is 11.2 Å². The number of halogens is 1. The van der Waals surface area contributed by atoms with Gasteiger partial charge in [0.2, 0.25) is 5.91 Å². The van der Waals surface area contributed by atoms with E-state index in [9.17, 15) is 9.90 Å². The van der Waals surface area contributed by atoms with Crippen LogP contribution in [0.1, 0.15) is 38.2 Å². The molecule has 2 rings (SSSR count). The molecule has 4 heteroatoms. The predicted octanol–water partition coefficient (Wildman–Crippen LogP) is 2.94. The van der Waals surface area contributed by atoms with Gasteiger partial charge in [0.1, 0.15) is 0 Å². The summed E-state index contributed by atoms with van der Waals surface area (Å²) < 4.78 is 0. The van der Waals surface area contributed by atoms with Gasteiger partial charge in [0, 0.05) is 10.9 Å². The Bertz CT molecular complexity index is 446. The normalized spacial score (nSPS) is 24.1. The largest absolute Gasteiger partial charge is 0.391 e. The van der Waals surface area contributed by atoms with E-state index in [-0.39, 0.29) is 17.9 Å². The van der Waals surface area contributed by atoms with E-state index in [1.54, 1.807) is 0 Å². The standard InChI is InChI=1S/C16H22ClNO2/c1-11(10-12-6-8-13(17)9-7-12)16(20)18-14-4-2-3-5-15(14)19/h6-9,11,14-15,19H,2-5,10H2,1H3,(H,18,20). The molecule has 0 spiro atoms. The summed E-state index contributed by atoms with van der Waals surface area (Å²) in [5.41, 5.74) is 1.10. The van der Waals surface area contributed by atoms with E-state index in [1.165, 1.54) is 0 Å². The molecule has 1 fully saturated rings. The molecule has 1 amide bonds. The van der Waals surface area contributed by atoms with E-state index >= 15 is 0 Å². The van der Waals surface area contributed by atoms with Crippen molar-refractivity contribution in [3.63, 3.8) is 0 Å². The van der Waals surface area contributed by atoms with Gasteiger partial charge in [-0.25, -0.2) is 0 Å². The molecule has 110 valence electrons. The Morgan fingerprint density at radius 2 is 2.00 bits per heavy atom. The predicted molar refractivity (Wildman–Crippen MR) is 80.7 cm³/mol. The Labute approximate surface area is 125 Å². The zero-order valence-electron chi connectivity index (χ0n) is 11.8. The third-order valence-electron chi connectivity index (χ3n) is 3.96. The molecule has 1 aromatic rings. The van der Waals surface area contributed by atoms with E-state index in [2.05, 4.69) is 5.32 Å². The molecule has 20 heavy (non-hydrogen) atoms. The minimum absolute atomic E-state index is 0.0194. The molecule has 1 aliphatic rings.